The summed E-state index contributed by atoms with van der Waals surface area (Å²) in [6.45, 7) is 3.31. The van der Waals surface area contributed by atoms with Crippen molar-refractivity contribution in [1.82, 2.24) is 9.97 Å². The molecule has 0 bridgehead atoms. The van der Waals surface area contributed by atoms with Crippen molar-refractivity contribution in [3.05, 3.63) is 45.3 Å². The van der Waals surface area contributed by atoms with Gasteiger partial charge >= 0.3 is 0 Å². The van der Waals surface area contributed by atoms with E-state index in [1.165, 1.54) is 29.6 Å². The third kappa shape index (κ3) is 3.04. The Morgan fingerprint density at radius 2 is 1.96 bits per heavy atom. The molecule has 0 radical (unpaired) electrons. The number of para-hydroxylation sites is 1. The number of aromatic hydroxyl groups is 1. The van der Waals surface area contributed by atoms with Crippen LogP contribution in [0.3, 0.4) is 0 Å². The molecule has 2 aromatic heterocycles. The average Bonchev–Trinajstić information content (AvgIpc) is 3.27. The third-order valence-corrected chi connectivity index (χ3v) is 5.89. The number of aryl methyl sites for hydroxylation is 1. The smallest absolute Gasteiger partial charge is 0.231 e. The molecule has 0 saturated carbocycles. The van der Waals surface area contributed by atoms with Gasteiger partial charge in [0.15, 0.2) is 16.0 Å². The SMILES string of the molecule is CC(=O)c1sc(Nc2nc(O)c(C=C3C=Nc4ccccc43)s2)nc1C. The van der Waals surface area contributed by atoms with Crippen molar-refractivity contribution in [2.75, 3.05) is 5.32 Å². The minimum Gasteiger partial charge on any atom is -0.492 e. The fraction of sp³-hybridized carbons (Fsp3) is 0.111. The lowest BCUT2D eigenvalue weighted by Crippen LogP contribution is -1.89. The van der Waals surface area contributed by atoms with Gasteiger partial charge in [0.1, 0.15) is 0 Å². The molecule has 3 heterocycles. The van der Waals surface area contributed by atoms with Crippen LogP contribution in [0, 0.1) is 6.92 Å². The Morgan fingerprint density at radius 3 is 2.73 bits per heavy atom. The Hall–Kier alpha value is -2.84. The van der Waals surface area contributed by atoms with Crippen molar-refractivity contribution in [2.24, 2.45) is 4.99 Å². The first-order valence-corrected chi connectivity index (χ1v) is 9.45. The maximum absolute atomic E-state index is 11.6. The number of thiazole rings is 2. The minimum atomic E-state index is -0.0529. The molecule has 0 unspecified atom stereocenters. The van der Waals surface area contributed by atoms with E-state index in [1.807, 2.05) is 30.3 Å². The first-order valence-electron chi connectivity index (χ1n) is 7.81. The number of allylic oxidation sites excluding steroid dienone is 1. The van der Waals surface area contributed by atoms with Crippen LogP contribution in [0.5, 0.6) is 5.88 Å². The number of carbonyl (C=O) groups excluding carboxylic acids is 1. The molecule has 2 N–H and O–H groups in total. The Bertz CT molecular complexity index is 1080. The summed E-state index contributed by atoms with van der Waals surface area (Å²) in [5.41, 5.74) is 3.55. The molecule has 8 heteroatoms. The second-order valence-corrected chi connectivity index (χ2v) is 7.73. The van der Waals surface area contributed by atoms with Crippen molar-refractivity contribution in [3.8, 4) is 5.88 Å². The molecule has 3 aromatic rings. The van der Waals surface area contributed by atoms with Crippen LogP contribution >= 0.6 is 22.7 Å². The van der Waals surface area contributed by atoms with Crippen molar-refractivity contribution < 1.29 is 9.90 Å². The number of Topliss-reactive ketones (excluding diaryl/α,β-unsaturated/α-hetero) is 1. The molecular formula is C18H14N4O2S2. The molecule has 0 fully saturated rings. The van der Waals surface area contributed by atoms with Gasteiger partial charge < -0.3 is 10.4 Å². The van der Waals surface area contributed by atoms with E-state index in [4.69, 9.17) is 0 Å². The third-order valence-electron chi connectivity index (χ3n) is 3.81. The summed E-state index contributed by atoms with van der Waals surface area (Å²) in [4.78, 5) is 25.6. The van der Waals surface area contributed by atoms with E-state index in [9.17, 15) is 9.90 Å². The number of aromatic nitrogens is 2. The number of nitrogens with zero attached hydrogens (tertiary/aromatic N) is 3. The summed E-state index contributed by atoms with van der Waals surface area (Å²) >= 11 is 2.59. The predicted octanol–water partition coefficient (Wildman–Crippen LogP) is 4.82. The van der Waals surface area contributed by atoms with Crippen LogP contribution in [-0.2, 0) is 0 Å². The van der Waals surface area contributed by atoms with E-state index in [0.717, 1.165) is 16.8 Å². The molecule has 1 aromatic carbocycles. The van der Waals surface area contributed by atoms with Gasteiger partial charge in [0, 0.05) is 24.3 Å². The van der Waals surface area contributed by atoms with Gasteiger partial charge in [-0.2, -0.15) is 4.98 Å². The van der Waals surface area contributed by atoms with Crippen LogP contribution in [-0.4, -0.2) is 27.1 Å². The average molecular weight is 382 g/mol. The summed E-state index contributed by atoms with van der Waals surface area (Å²) in [6.07, 6.45) is 3.64. The fourth-order valence-electron chi connectivity index (χ4n) is 2.63. The molecule has 0 saturated heterocycles. The number of nitrogens with one attached hydrogen (secondary N) is 1. The fourth-order valence-corrected chi connectivity index (χ4v) is 4.37. The lowest BCUT2D eigenvalue weighted by Gasteiger charge is -1.97. The van der Waals surface area contributed by atoms with E-state index < -0.39 is 0 Å². The Labute approximate surface area is 157 Å². The van der Waals surface area contributed by atoms with Gasteiger partial charge in [-0.15, -0.1) is 0 Å². The molecule has 1 aliphatic rings. The summed E-state index contributed by atoms with van der Waals surface area (Å²) in [5, 5.41) is 14.3. The van der Waals surface area contributed by atoms with Crippen LogP contribution < -0.4 is 5.32 Å². The zero-order chi connectivity index (χ0) is 18.3. The van der Waals surface area contributed by atoms with E-state index >= 15 is 0 Å². The first kappa shape index (κ1) is 16.6. The molecule has 0 atom stereocenters. The summed E-state index contributed by atoms with van der Waals surface area (Å²) in [6, 6.07) is 7.84. The molecule has 0 amide bonds. The van der Waals surface area contributed by atoms with Gasteiger partial charge in [0.25, 0.3) is 0 Å². The number of rotatable bonds is 4. The van der Waals surface area contributed by atoms with Crippen LogP contribution in [0.15, 0.2) is 29.3 Å². The zero-order valence-corrected chi connectivity index (χ0v) is 15.6. The number of hydrogen-bond acceptors (Lipinski definition) is 8. The highest BCUT2D eigenvalue weighted by molar-refractivity contribution is 7.19. The van der Waals surface area contributed by atoms with Gasteiger partial charge in [0.2, 0.25) is 5.88 Å². The number of ketones is 1. The lowest BCUT2D eigenvalue weighted by molar-refractivity contribution is 0.102. The number of anilines is 2. The van der Waals surface area contributed by atoms with Crippen molar-refractivity contribution >= 4 is 62.3 Å². The van der Waals surface area contributed by atoms with E-state index in [1.54, 1.807) is 13.1 Å². The normalized spacial score (nSPS) is 14.0. The Kier molecular flexibility index (Phi) is 4.14. The zero-order valence-electron chi connectivity index (χ0n) is 14.0. The van der Waals surface area contributed by atoms with Crippen molar-refractivity contribution in [2.45, 2.75) is 13.8 Å². The van der Waals surface area contributed by atoms with Crippen LogP contribution in [0.2, 0.25) is 0 Å². The molecule has 6 nitrogen and oxygen atoms in total. The van der Waals surface area contributed by atoms with E-state index in [0.29, 0.717) is 25.7 Å². The standard InChI is InChI=1S/C18H14N4O2S2/c1-9-15(10(2)23)26-17(20-9)22-18-21-16(24)14(25-18)7-11-8-19-13-6-4-3-5-12(11)13/h3-8,24H,1-2H3,(H,20,21,22). The Balaban J connectivity index is 1.61. The number of hydrogen-bond donors (Lipinski definition) is 2. The van der Waals surface area contributed by atoms with Gasteiger partial charge in [0.05, 0.1) is 21.1 Å². The number of fused-ring (bicyclic) bond motifs is 1. The molecule has 1 aliphatic heterocycles. The number of aliphatic imine (C=N–C) groups is 1. The van der Waals surface area contributed by atoms with Crippen LogP contribution in [0.1, 0.15) is 32.7 Å². The van der Waals surface area contributed by atoms with E-state index in [2.05, 4.69) is 20.3 Å². The molecule has 0 aliphatic carbocycles. The van der Waals surface area contributed by atoms with Gasteiger partial charge in [-0.25, -0.2) is 4.98 Å². The monoisotopic (exact) mass is 382 g/mol. The van der Waals surface area contributed by atoms with Crippen LogP contribution in [0.25, 0.3) is 11.6 Å². The molecular weight excluding hydrogens is 368 g/mol. The highest BCUT2D eigenvalue weighted by Gasteiger charge is 2.16. The number of benzene rings is 1. The summed E-state index contributed by atoms with van der Waals surface area (Å²) in [7, 11) is 0. The first-order chi connectivity index (χ1) is 12.5. The summed E-state index contributed by atoms with van der Waals surface area (Å²) < 4.78 is 0. The van der Waals surface area contributed by atoms with Crippen LogP contribution in [0.4, 0.5) is 16.0 Å². The largest absolute Gasteiger partial charge is 0.492 e. The molecule has 130 valence electrons. The maximum Gasteiger partial charge on any atom is 0.231 e. The molecule has 26 heavy (non-hydrogen) atoms. The van der Waals surface area contributed by atoms with Crippen molar-refractivity contribution in [1.29, 1.82) is 0 Å². The van der Waals surface area contributed by atoms with E-state index in [-0.39, 0.29) is 11.7 Å². The van der Waals surface area contributed by atoms with Crippen molar-refractivity contribution in [3.63, 3.8) is 0 Å². The topological polar surface area (TPSA) is 87.5 Å². The lowest BCUT2D eigenvalue weighted by atomic mass is 10.1. The number of carbonyl (C=O) groups is 1. The van der Waals surface area contributed by atoms with Gasteiger partial charge in [-0.05, 0) is 19.1 Å². The summed E-state index contributed by atoms with van der Waals surface area (Å²) in [5.74, 6) is -0.0671. The molecule has 4 rings (SSSR count). The van der Waals surface area contributed by atoms with Gasteiger partial charge in [-0.1, -0.05) is 40.9 Å². The second kappa shape index (κ2) is 6.47. The molecule has 0 spiro atoms. The van der Waals surface area contributed by atoms with Gasteiger partial charge in [-0.3, -0.25) is 9.79 Å². The highest BCUT2D eigenvalue weighted by atomic mass is 32.1. The minimum absolute atomic E-state index is 0.0142. The second-order valence-electron chi connectivity index (χ2n) is 5.70. The quantitative estimate of drug-likeness (QED) is 0.632. The maximum atomic E-state index is 11.6. The highest BCUT2D eigenvalue weighted by Crippen LogP contribution is 2.37. The Morgan fingerprint density at radius 1 is 1.19 bits per heavy atom. The predicted molar refractivity (Wildman–Crippen MR) is 106 cm³/mol.